The SMILES string of the molecule is C[C@H](NC(=O)C1(OCc2ccccc2)CCOCC1)C(=O)O. The zero-order valence-electron chi connectivity index (χ0n) is 12.6. The standard InChI is InChI=1S/C16H21NO5/c1-12(14(18)19)17-15(20)16(7-9-21-10-8-16)22-11-13-5-3-2-4-6-13/h2-6,12H,7-11H2,1H3,(H,17,20)(H,18,19)/t12-/m0/s1. The average molecular weight is 307 g/mol. The van der Waals surface area contributed by atoms with Crippen molar-refractivity contribution in [3.8, 4) is 0 Å². The number of hydrogen-bond acceptors (Lipinski definition) is 4. The fourth-order valence-electron chi connectivity index (χ4n) is 2.32. The minimum Gasteiger partial charge on any atom is -0.480 e. The second-order valence-corrected chi connectivity index (χ2v) is 5.41. The predicted octanol–water partition coefficient (Wildman–Crippen LogP) is 1.34. The van der Waals surface area contributed by atoms with Gasteiger partial charge in [-0.05, 0) is 12.5 Å². The number of carboxylic acids is 1. The molecule has 1 aliphatic rings. The van der Waals surface area contributed by atoms with Crippen LogP contribution < -0.4 is 5.32 Å². The van der Waals surface area contributed by atoms with Crippen LogP contribution in [0.3, 0.4) is 0 Å². The number of carbonyl (C=O) groups is 2. The Bertz CT molecular complexity index is 511. The van der Waals surface area contributed by atoms with Crippen LogP contribution >= 0.6 is 0 Å². The molecular formula is C16H21NO5. The molecule has 0 radical (unpaired) electrons. The molecule has 120 valence electrons. The summed E-state index contributed by atoms with van der Waals surface area (Å²) in [5.74, 6) is -1.46. The van der Waals surface area contributed by atoms with E-state index in [1.807, 2.05) is 30.3 Å². The van der Waals surface area contributed by atoms with Crippen LogP contribution in [0.4, 0.5) is 0 Å². The van der Waals surface area contributed by atoms with Gasteiger partial charge >= 0.3 is 5.97 Å². The van der Waals surface area contributed by atoms with E-state index < -0.39 is 17.6 Å². The fraction of sp³-hybridized carbons (Fsp3) is 0.500. The number of hydrogen-bond donors (Lipinski definition) is 2. The van der Waals surface area contributed by atoms with Gasteiger partial charge in [-0.15, -0.1) is 0 Å². The third-order valence-electron chi connectivity index (χ3n) is 3.79. The summed E-state index contributed by atoms with van der Waals surface area (Å²) in [6.07, 6.45) is 0.829. The van der Waals surface area contributed by atoms with Crippen molar-refractivity contribution in [2.45, 2.75) is 38.0 Å². The van der Waals surface area contributed by atoms with Crippen molar-refractivity contribution >= 4 is 11.9 Å². The van der Waals surface area contributed by atoms with Gasteiger partial charge in [0, 0.05) is 26.1 Å². The molecule has 1 fully saturated rings. The Morgan fingerprint density at radius 3 is 2.55 bits per heavy atom. The van der Waals surface area contributed by atoms with Gasteiger partial charge in [-0.25, -0.2) is 0 Å². The maximum Gasteiger partial charge on any atom is 0.325 e. The summed E-state index contributed by atoms with van der Waals surface area (Å²) in [7, 11) is 0. The molecule has 0 aliphatic carbocycles. The summed E-state index contributed by atoms with van der Waals surface area (Å²) in [6, 6.07) is 8.61. The summed E-state index contributed by atoms with van der Waals surface area (Å²) >= 11 is 0. The van der Waals surface area contributed by atoms with Gasteiger partial charge in [-0.3, -0.25) is 9.59 Å². The van der Waals surface area contributed by atoms with Gasteiger partial charge in [-0.1, -0.05) is 30.3 Å². The molecule has 1 aromatic carbocycles. The summed E-state index contributed by atoms with van der Waals surface area (Å²) in [4.78, 5) is 23.4. The highest BCUT2D eigenvalue weighted by molar-refractivity contribution is 5.89. The van der Waals surface area contributed by atoms with Gasteiger partial charge in [-0.2, -0.15) is 0 Å². The van der Waals surface area contributed by atoms with Crippen molar-refractivity contribution in [2.75, 3.05) is 13.2 Å². The molecule has 22 heavy (non-hydrogen) atoms. The van der Waals surface area contributed by atoms with Crippen LogP contribution in [0.25, 0.3) is 0 Å². The average Bonchev–Trinajstić information content (AvgIpc) is 2.54. The highest BCUT2D eigenvalue weighted by Gasteiger charge is 2.42. The maximum absolute atomic E-state index is 12.5. The number of ether oxygens (including phenoxy) is 2. The van der Waals surface area contributed by atoms with Crippen molar-refractivity contribution in [1.29, 1.82) is 0 Å². The van der Waals surface area contributed by atoms with Crippen LogP contribution in [0.15, 0.2) is 30.3 Å². The van der Waals surface area contributed by atoms with Crippen molar-refractivity contribution < 1.29 is 24.2 Å². The molecule has 2 N–H and O–H groups in total. The van der Waals surface area contributed by atoms with E-state index in [9.17, 15) is 9.59 Å². The van der Waals surface area contributed by atoms with E-state index in [2.05, 4.69) is 5.32 Å². The zero-order valence-corrected chi connectivity index (χ0v) is 12.6. The largest absolute Gasteiger partial charge is 0.480 e. The molecule has 2 rings (SSSR count). The van der Waals surface area contributed by atoms with Crippen LogP contribution in [0, 0.1) is 0 Å². The molecule has 0 saturated carbocycles. The second kappa shape index (κ2) is 7.38. The van der Waals surface area contributed by atoms with Crippen molar-refractivity contribution in [2.24, 2.45) is 0 Å². The Morgan fingerprint density at radius 1 is 1.32 bits per heavy atom. The number of carbonyl (C=O) groups excluding carboxylic acids is 1. The van der Waals surface area contributed by atoms with Gasteiger partial charge in [0.1, 0.15) is 6.04 Å². The third kappa shape index (κ3) is 4.05. The fourth-order valence-corrected chi connectivity index (χ4v) is 2.32. The molecule has 0 bridgehead atoms. The minimum absolute atomic E-state index is 0.301. The molecular weight excluding hydrogens is 286 g/mol. The van der Waals surface area contributed by atoms with Gasteiger partial charge in [0.05, 0.1) is 6.61 Å². The number of rotatable bonds is 6. The van der Waals surface area contributed by atoms with Gasteiger partial charge in [0.2, 0.25) is 0 Å². The summed E-state index contributed by atoms with van der Waals surface area (Å²) < 4.78 is 11.2. The number of aliphatic carboxylic acids is 1. The smallest absolute Gasteiger partial charge is 0.325 e. The lowest BCUT2D eigenvalue weighted by molar-refractivity contribution is -0.165. The van der Waals surface area contributed by atoms with Crippen molar-refractivity contribution in [3.63, 3.8) is 0 Å². The number of amides is 1. The first-order chi connectivity index (χ1) is 10.5. The Labute approximate surface area is 129 Å². The van der Waals surface area contributed by atoms with E-state index in [0.717, 1.165) is 5.56 Å². The first kappa shape index (κ1) is 16.5. The maximum atomic E-state index is 12.5. The zero-order chi connectivity index (χ0) is 16.0. The third-order valence-corrected chi connectivity index (χ3v) is 3.79. The highest BCUT2D eigenvalue weighted by atomic mass is 16.5. The lowest BCUT2D eigenvalue weighted by Crippen LogP contribution is -2.55. The molecule has 0 spiro atoms. The molecule has 0 aromatic heterocycles. The van der Waals surface area contributed by atoms with E-state index in [0.29, 0.717) is 32.7 Å². The summed E-state index contributed by atoms with van der Waals surface area (Å²) in [5.41, 5.74) is -0.0647. The molecule has 1 amide bonds. The number of benzene rings is 1. The van der Waals surface area contributed by atoms with E-state index in [1.54, 1.807) is 0 Å². The Hall–Kier alpha value is -1.92. The number of carboxylic acid groups (broad SMARTS) is 1. The van der Waals surface area contributed by atoms with Crippen LogP contribution in [-0.4, -0.2) is 41.8 Å². The monoisotopic (exact) mass is 307 g/mol. The van der Waals surface area contributed by atoms with Crippen LogP contribution in [0.2, 0.25) is 0 Å². The molecule has 1 atom stereocenters. The quantitative estimate of drug-likeness (QED) is 0.828. The van der Waals surface area contributed by atoms with Crippen LogP contribution in [-0.2, 0) is 25.7 Å². The van der Waals surface area contributed by atoms with Crippen LogP contribution in [0.1, 0.15) is 25.3 Å². The lowest BCUT2D eigenvalue weighted by atomic mass is 9.92. The normalized spacial score (nSPS) is 18.4. The van der Waals surface area contributed by atoms with Crippen molar-refractivity contribution in [1.82, 2.24) is 5.32 Å². The van der Waals surface area contributed by atoms with Gasteiger partial charge in [0.15, 0.2) is 5.60 Å². The molecule has 1 aromatic rings. The minimum atomic E-state index is -1.07. The predicted molar refractivity (Wildman–Crippen MR) is 79.3 cm³/mol. The van der Waals surface area contributed by atoms with Gasteiger partial charge in [0.25, 0.3) is 5.91 Å². The molecule has 1 heterocycles. The van der Waals surface area contributed by atoms with E-state index in [1.165, 1.54) is 6.92 Å². The molecule has 1 saturated heterocycles. The Balaban J connectivity index is 2.06. The van der Waals surface area contributed by atoms with Gasteiger partial charge < -0.3 is 19.9 Å². The summed E-state index contributed by atoms with van der Waals surface area (Å²) in [5, 5.41) is 11.4. The molecule has 6 nitrogen and oxygen atoms in total. The highest BCUT2D eigenvalue weighted by Crippen LogP contribution is 2.27. The second-order valence-electron chi connectivity index (χ2n) is 5.41. The first-order valence-electron chi connectivity index (χ1n) is 7.33. The van der Waals surface area contributed by atoms with E-state index >= 15 is 0 Å². The van der Waals surface area contributed by atoms with E-state index in [-0.39, 0.29) is 5.91 Å². The Morgan fingerprint density at radius 2 is 1.95 bits per heavy atom. The van der Waals surface area contributed by atoms with Crippen LogP contribution in [0.5, 0.6) is 0 Å². The van der Waals surface area contributed by atoms with Crippen molar-refractivity contribution in [3.05, 3.63) is 35.9 Å². The molecule has 0 unspecified atom stereocenters. The number of nitrogens with one attached hydrogen (secondary N) is 1. The topological polar surface area (TPSA) is 84.9 Å². The molecule has 1 aliphatic heterocycles. The summed E-state index contributed by atoms with van der Waals surface area (Å²) in [6.45, 7) is 2.58. The lowest BCUT2D eigenvalue weighted by Gasteiger charge is -2.36. The Kier molecular flexibility index (Phi) is 5.51. The van der Waals surface area contributed by atoms with E-state index in [4.69, 9.17) is 14.6 Å². The molecule has 6 heteroatoms. The first-order valence-corrected chi connectivity index (χ1v) is 7.33.